The number of ether oxygens (including phenoxy) is 2. The average molecular weight is 547 g/mol. The fourth-order valence-electron chi connectivity index (χ4n) is 4.25. The molecule has 1 N–H and O–H groups in total. The lowest BCUT2D eigenvalue weighted by Gasteiger charge is -2.16. The second kappa shape index (κ2) is 11.2. The van der Waals surface area contributed by atoms with E-state index in [0.717, 1.165) is 22.3 Å². The fourth-order valence-corrected chi connectivity index (χ4v) is 5.35. The van der Waals surface area contributed by atoms with Gasteiger partial charge in [-0.1, -0.05) is 29.8 Å². The topological polar surface area (TPSA) is 112 Å². The standard InChI is InChI=1S/C30H30N2O6S/c1-18(2)37-23-12-10-22(11-13-23)25-15-14-24(29(34)32-39(35,36)27-9-7-6-8-26(27)33)30(31-25)38-28-20(4)16-19(3)17-21(28)5/h6-7,9-18H,8H2,1-5H3,(H,32,34). The average Bonchev–Trinajstić information content (AvgIpc) is 2.86. The Labute approximate surface area is 228 Å². The lowest BCUT2D eigenvalue weighted by molar-refractivity contribution is -0.114. The number of hydrogen-bond donors (Lipinski definition) is 1. The molecule has 1 aliphatic rings. The number of nitrogens with zero attached hydrogens (tertiary/aromatic N) is 1. The summed E-state index contributed by atoms with van der Waals surface area (Å²) >= 11 is 0. The van der Waals surface area contributed by atoms with Crippen LogP contribution in [0.4, 0.5) is 0 Å². The van der Waals surface area contributed by atoms with Crippen LogP contribution in [0.25, 0.3) is 11.3 Å². The molecule has 0 unspecified atom stereocenters. The summed E-state index contributed by atoms with van der Waals surface area (Å²) in [6, 6.07) is 14.3. The number of carbonyl (C=O) groups excluding carboxylic acids is 2. The van der Waals surface area contributed by atoms with E-state index in [1.807, 2.05) is 75.7 Å². The zero-order valence-corrected chi connectivity index (χ0v) is 23.3. The number of benzene rings is 2. The molecule has 3 aromatic rings. The van der Waals surface area contributed by atoms with Gasteiger partial charge >= 0.3 is 0 Å². The molecule has 0 radical (unpaired) electrons. The molecule has 1 amide bonds. The predicted molar refractivity (Wildman–Crippen MR) is 149 cm³/mol. The Kier molecular flexibility index (Phi) is 8.01. The van der Waals surface area contributed by atoms with Gasteiger partial charge in [0.1, 0.15) is 22.0 Å². The molecule has 9 heteroatoms. The molecule has 0 fully saturated rings. The van der Waals surface area contributed by atoms with Crippen LogP contribution in [-0.4, -0.2) is 31.2 Å². The molecular weight excluding hydrogens is 516 g/mol. The van der Waals surface area contributed by atoms with Crippen molar-refractivity contribution < 1.29 is 27.5 Å². The van der Waals surface area contributed by atoms with Crippen molar-refractivity contribution >= 4 is 21.7 Å². The van der Waals surface area contributed by atoms with Crippen molar-refractivity contribution in [1.82, 2.24) is 9.71 Å². The monoisotopic (exact) mass is 546 g/mol. The number of sulfonamides is 1. The Hall–Kier alpha value is -4.24. The zero-order valence-electron chi connectivity index (χ0n) is 22.4. The highest BCUT2D eigenvalue weighted by Gasteiger charge is 2.29. The van der Waals surface area contributed by atoms with Crippen molar-refractivity contribution in [2.45, 2.75) is 47.1 Å². The number of aromatic nitrogens is 1. The number of pyridine rings is 1. The van der Waals surface area contributed by atoms with Crippen LogP contribution in [0.1, 0.15) is 47.3 Å². The predicted octanol–water partition coefficient (Wildman–Crippen LogP) is 5.73. The minimum atomic E-state index is -4.41. The van der Waals surface area contributed by atoms with E-state index in [0.29, 0.717) is 17.2 Å². The molecule has 4 rings (SSSR count). The molecule has 1 aromatic heterocycles. The van der Waals surface area contributed by atoms with Gasteiger partial charge in [0, 0.05) is 12.0 Å². The Morgan fingerprint density at radius 1 is 1.00 bits per heavy atom. The maximum atomic E-state index is 13.3. The summed E-state index contributed by atoms with van der Waals surface area (Å²) in [6.07, 6.45) is 4.15. The molecule has 0 bridgehead atoms. The quantitative estimate of drug-likeness (QED) is 0.384. The van der Waals surface area contributed by atoms with E-state index in [2.05, 4.69) is 4.98 Å². The highest BCUT2D eigenvalue weighted by atomic mass is 32.2. The molecule has 0 saturated heterocycles. The van der Waals surface area contributed by atoms with Gasteiger partial charge in [-0.05, 0) is 88.2 Å². The molecule has 0 saturated carbocycles. The fraction of sp³-hybridized carbons (Fsp3) is 0.233. The van der Waals surface area contributed by atoms with E-state index in [4.69, 9.17) is 9.47 Å². The summed E-state index contributed by atoms with van der Waals surface area (Å²) in [7, 11) is -4.41. The second-order valence-electron chi connectivity index (χ2n) is 9.59. The molecule has 2 aromatic carbocycles. The van der Waals surface area contributed by atoms with E-state index in [9.17, 15) is 18.0 Å². The van der Waals surface area contributed by atoms with Crippen LogP contribution in [0.3, 0.4) is 0 Å². The molecule has 202 valence electrons. The maximum Gasteiger partial charge on any atom is 0.270 e. The van der Waals surface area contributed by atoms with E-state index in [-0.39, 0.29) is 24.0 Å². The van der Waals surface area contributed by atoms with Crippen LogP contribution >= 0.6 is 0 Å². The van der Waals surface area contributed by atoms with E-state index in [1.54, 1.807) is 12.1 Å². The number of allylic oxidation sites excluding steroid dienone is 4. The van der Waals surface area contributed by atoms with Gasteiger partial charge in [-0.3, -0.25) is 9.59 Å². The van der Waals surface area contributed by atoms with Crippen LogP contribution in [-0.2, 0) is 14.8 Å². The number of Topliss-reactive ketones (excluding diaryl/α,β-unsaturated/α-hetero) is 1. The SMILES string of the molecule is Cc1cc(C)c(Oc2nc(-c3ccc(OC(C)C)cc3)ccc2C(=O)NS(=O)(=O)C2=CC=CCC2=O)c(C)c1. The van der Waals surface area contributed by atoms with Crippen molar-refractivity contribution in [1.29, 1.82) is 0 Å². The highest BCUT2D eigenvalue weighted by molar-refractivity contribution is 7.95. The molecule has 1 heterocycles. The summed E-state index contributed by atoms with van der Waals surface area (Å²) in [5.74, 6) is -0.410. The van der Waals surface area contributed by atoms with E-state index in [1.165, 1.54) is 18.2 Å². The van der Waals surface area contributed by atoms with Gasteiger partial charge in [0.15, 0.2) is 5.78 Å². The largest absolute Gasteiger partial charge is 0.491 e. The molecule has 0 spiro atoms. The van der Waals surface area contributed by atoms with Crippen molar-refractivity contribution in [3.8, 4) is 28.6 Å². The first-order valence-corrected chi connectivity index (χ1v) is 13.9. The summed E-state index contributed by atoms with van der Waals surface area (Å²) in [4.78, 5) is 29.5. The van der Waals surface area contributed by atoms with Gasteiger partial charge in [-0.25, -0.2) is 18.1 Å². The summed E-state index contributed by atoms with van der Waals surface area (Å²) in [6.45, 7) is 9.61. The second-order valence-corrected chi connectivity index (χ2v) is 11.2. The van der Waals surface area contributed by atoms with Gasteiger partial charge < -0.3 is 9.47 Å². The Bertz CT molecular complexity index is 1580. The van der Waals surface area contributed by atoms with Crippen molar-refractivity contribution in [3.63, 3.8) is 0 Å². The Balaban J connectivity index is 1.74. The Morgan fingerprint density at radius 2 is 1.67 bits per heavy atom. The number of nitrogens with one attached hydrogen (secondary N) is 1. The van der Waals surface area contributed by atoms with Crippen molar-refractivity contribution in [2.75, 3.05) is 0 Å². The summed E-state index contributed by atoms with van der Waals surface area (Å²) in [5.41, 5.74) is 3.88. The number of amides is 1. The first-order valence-electron chi connectivity index (χ1n) is 12.5. The smallest absolute Gasteiger partial charge is 0.270 e. The molecule has 8 nitrogen and oxygen atoms in total. The van der Waals surface area contributed by atoms with Crippen LogP contribution in [0.5, 0.6) is 17.4 Å². The Morgan fingerprint density at radius 3 is 2.28 bits per heavy atom. The lowest BCUT2D eigenvalue weighted by atomic mass is 10.1. The molecule has 39 heavy (non-hydrogen) atoms. The van der Waals surface area contributed by atoms with E-state index < -0.39 is 26.6 Å². The summed E-state index contributed by atoms with van der Waals surface area (Å²) < 4.78 is 39.6. The van der Waals surface area contributed by atoms with Gasteiger partial charge in [0.2, 0.25) is 5.88 Å². The minimum absolute atomic E-state index is 0.0275. The first-order chi connectivity index (χ1) is 18.4. The van der Waals surface area contributed by atoms with Gasteiger partial charge in [0.05, 0.1) is 11.8 Å². The summed E-state index contributed by atoms with van der Waals surface area (Å²) in [5, 5.41) is 0. The van der Waals surface area contributed by atoms with Crippen molar-refractivity contribution in [2.24, 2.45) is 0 Å². The highest BCUT2D eigenvalue weighted by Crippen LogP contribution is 2.33. The number of hydrogen-bond acceptors (Lipinski definition) is 7. The first kappa shape index (κ1) is 27.8. The normalized spacial score (nSPS) is 13.3. The molecule has 0 atom stereocenters. The lowest BCUT2D eigenvalue weighted by Crippen LogP contribution is -2.34. The third-order valence-corrected chi connectivity index (χ3v) is 7.31. The molecule has 1 aliphatic carbocycles. The molecular formula is C30H30N2O6S. The maximum absolute atomic E-state index is 13.3. The molecule has 0 aliphatic heterocycles. The van der Waals surface area contributed by atoms with Crippen LogP contribution in [0.2, 0.25) is 0 Å². The van der Waals surface area contributed by atoms with Gasteiger partial charge in [-0.2, -0.15) is 0 Å². The number of carbonyl (C=O) groups is 2. The third kappa shape index (κ3) is 6.43. The van der Waals surface area contributed by atoms with Gasteiger partial charge in [0.25, 0.3) is 15.9 Å². The third-order valence-electron chi connectivity index (χ3n) is 5.91. The van der Waals surface area contributed by atoms with Gasteiger partial charge in [-0.15, -0.1) is 0 Å². The number of rotatable bonds is 8. The van der Waals surface area contributed by atoms with Crippen LogP contribution < -0.4 is 14.2 Å². The minimum Gasteiger partial charge on any atom is -0.491 e. The van der Waals surface area contributed by atoms with Crippen LogP contribution in [0.15, 0.2) is 71.7 Å². The van der Waals surface area contributed by atoms with Crippen LogP contribution in [0, 0.1) is 20.8 Å². The zero-order chi connectivity index (χ0) is 28.3. The number of ketones is 1. The number of aryl methyl sites for hydroxylation is 3. The van der Waals surface area contributed by atoms with E-state index >= 15 is 0 Å². The van der Waals surface area contributed by atoms with Crippen molar-refractivity contribution in [3.05, 3.63) is 93.9 Å².